The van der Waals surface area contributed by atoms with E-state index in [1.54, 1.807) is 30.3 Å². The number of halogens is 6. The lowest BCUT2D eigenvalue weighted by atomic mass is 10.0. The van der Waals surface area contributed by atoms with Crippen LogP contribution in [0.1, 0.15) is 27.0 Å². The van der Waals surface area contributed by atoms with Crippen molar-refractivity contribution in [3.63, 3.8) is 0 Å². The van der Waals surface area contributed by atoms with Crippen LogP contribution in [0.4, 0.5) is 26.3 Å². The van der Waals surface area contributed by atoms with Crippen molar-refractivity contribution in [2.24, 2.45) is 0 Å². The van der Waals surface area contributed by atoms with E-state index in [0.717, 1.165) is 123 Å². The van der Waals surface area contributed by atoms with E-state index in [1.807, 2.05) is 146 Å². The molecule has 0 bridgehead atoms. The van der Waals surface area contributed by atoms with Crippen LogP contribution in [-0.2, 0) is 0 Å². The van der Waals surface area contributed by atoms with E-state index in [9.17, 15) is 36.4 Å². The number of rotatable bonds is 7. The molecule has 25 aromatic rings. The summed E-state index contributed by atoms with van der Waals surface area (Å²) in [6.07, 6.45) is 0.283. The van der Waals surface area contributed by atoms with Crippen LogP contribution in [-0.4, -0.2) is 20.4 Å². The first-order valence-corrected chi connectivity index (χ1v) is 41.2. The average molecular weight is 1690 g/mol. The lowest BCUT2D eigenvalue weighted by Gasteiger charge is -2.18. The Labute approximate surface area is 729 Å². The molecule has 25 rings (SSSR count). The van der Waals surface area contributed by atoms with Gasteiger partial charge >= 0.3 is 0 Å². The molecule has 612 valence electrons. The predicted octanol–water partition coefficient (Wildman–Crippen LogP) is 30.8. The van der Waals surface area contributed by atoms with Crippen LogP contribution in [0.5, 0.6) is 0 Å². The molecule has 0 unspecified atom stereocenters. The minimum atomic E-state index is -1.19. The smallest absolute Gasteiger partial charge is 0.180 e. The van der Waals surface area contributed by atoms with Gasteiger partial charge in [0, 0.05) is 109 Å². The second-order valence-electron chi connectivity index (χ2n) is 30.8. The van der Waals surface area contributed by atoms with Gasteiger partial charge < -0.3 is 31.8 Å². The highest BCUT2D eigenvalue weighted by Gasteiger charge is 2.30. The second-order valence-corrected chi connectivity index (χ2v) is 30.8. The molecule has 0 aliphatic rings. The van der Waals surface area contributed by atoms with E-state index in [4.69, 9.17) is 28.2 Å². The second kappa shape index (κ2) is 32.5. The maximum atomic E-state index is 13.8. The van der Waals surface area contributed by atoms with Gasteiger partial charge in [0.2, 0.25) is 0 Å². The van der Waals surface area contributed by atoms with Crippen LogP contribution >= 0.6 is 0 Å². The molecule has 0 atom stereocenters. The first kappa shape index (κ1) is 78.5. The minimum absolute atomic E-state index is 0.0669. The zero-order valence-electron chi connectivity index (χ0n) is 67.8. The van der Waals surface area contributed by atoms with Crippen LogP contribution < -0.4 is 0 Å². The van der Waals surface area contributed by atoms with E-state index < -0.39 is 51.6 Å². The van der Waals surface area contributed by atoms with Crippen molar-refractivity contribution in [2.45, 2.75) is 0 Å². The molecule has 0 amide bonds. The Hall–Kier alpha value is -17.7. The number of hydrogen-bond acceptors (Lipinski definition) is 8. The molecule has 0 spiro atoms. The summed E-state index contributed by atoms with van der Waals surface area (Å²) in [6.45, 7) is 0. The fourth-order valence-electron chi connectivity index (χ4n) is 17.9. The molecule has 0 radical (unpaired) electrons. The first-order valence-electron chi connectivity index (χ1n) is 41.2. The molecule has 7 aromatic heterocycles. The van der Waals surface area contributed by atoms with Gasteiger partial charge in [0.25, 0.3) is 0 Å². The number of furan rings is 4. The van der Waals surface area contributed by atoms with Crippen LogP contribution in [0.3, 0.4) is 0 Å². The van der Waals surface area contributed by atoms with Crippen molar-refractivity contribution in [3.05, 3.63) is 421 Å². The largest absolute Gasteiger partial charge is 0.455 e. The van der Waals surface area contributed by atoms with E-state index in [-0.39, 0.29) is 23.0 Å². The molecule has 129 heavy (non-hydrogen) atoms. The zero-order chi connectivity index (χ0) is 87.7. The quantitative estimate of drug-likeness (QED) is 0.122. The Morgan fingerprint density at radius 2 is 0.527 bits per heavy atom. The van der Waals surface area contributed by atoms with E-state index >= 15 is 0 Å². The maximum absolute atomic E-state index is 13.8. The Kier molecular flexibility index (Phi) is 19.8. The van der Waals surface area contributed by atoms with E-state index in [2.05, 4.69) is 202 Å². The summed E-state index contributed by atoms with van der Waals surface area (Å²) in [7, 11) is 0. The summed E-state index contributed by atoms with van der Waals surface area (Å²) >= 11 is 0. The highest BCUT2D eigenvalue weighted by atomic mass is 19.2. The molecule has 18 aromatic carbocycles. The number of benzene rings is 18. The molecule has 11 nitrogen and oxygen atoms in total. The van der Waals surface area contributed by atoms with Gasteiger partial charge in [-0.05, 0) is 82.9 Å². The van der Waals surface area contributed by atoms with Gasteiger partial charge in [0.05, 0.1) is 39.0 Å². The van der Waals surface area contributed by atoms with E-state index in [0.29, 0.717) is 60.2 Å². The Bertz CT molecular complexity index is 8640. The molecule has 0 saturated heterocycles. The first-order chi connectivity index (χ1) is 63.4. The summed E-state index contributed by atoms with van der Waals surface area (Å²) in [4.78, 5) is 14.5. The van der Waals surface area contributed by atoms with Crippen molar-refractivity contribution in [2.75, 3.05) is 0 Å². The summed E-state index contributed by atoms with van der Waals surface area (Å²) in [5.74, 6) is -6.72. The third kappa shape index (κ3) is 13.3. The van der Waals surface area contributed by atoms with Gasteiger partial charge in [-0.3, -0.25) is 4.79 Å². The lowest BCUT2D eigenvalue weighted by Crippen LogP contribution is -2.06. The molecular formula is C112H62F6N6O5. The van der Waals surface area contributed by atoms with E-state index in [1.165, 1.54) is 32.6 Å². The summed E-state index contributed by atoms with van der Waals surface area (Å²) in [6, 6.07) is 124. The molecular weight excluding hydrogens is 1620 g/mol. The number of fused-ring (bicyclic) bond motifs is 21. The Morgan fingerprint density at radius 1 is 0.256 bits per heavy atom. The molecule has 0 aliphatic carbocycles. The van der Waals surface area contributed by atoms with Gasteiger partial charge in [-0.15, -0.1) is 0 Å². The number of nitriles is 3. The number of carbonyl (C=O) groups is 1. The average Bonchev–Trinajstić information content (AvgIpc) is 1.55. The summed E-state index contributed by atoms with van der Waals surface area (Å²) in [5.41, 5.74) is 18.0. The monoisotopic (exact) mass is 1680 g/mol. The normalized spacial score (nSPS) is 11.3. The number of aromatic amines is 1. The lowest BCUT2D eigenvalue weighted by molar-refractivity contribution is 0.111. The van der Waals surface area contributed by atoms with Gasteiger partial charge in [-0.1, -0.05) is 303 Å². The van der Waals surface area contributed by atoms with Gasteiger partial charge in [-0.25, -0.2) is 26.3 Å². The number of hydrogen-bond donors (Lipinski definition) is 1. The number of nitrogens with one attached hydrogen (secondary N) is 1. The predicted molar refractivity (Wildman–Crippen MR) is 500 cm³/mol. The highest BCUT2D eigenvalue weighted by molar-refractivity contribution is 6.19. The SMILES string of the molecule is N#Cc1c(-n2c3ccccc3c3ccccc32)c(-n2c3ccccc3c3ccccc32)cc2c1oc1c(-c3ccccc3)cccc12.N#Cc1c(F)c(F)cc2c1oc1c(-c3ccccc3)cccc12.N#Cc1c(F)c(F)cc2c1oc1c(-c3ccccc3)cccc12.O=Cc1c(F)c(F)cc2c1oc1c(-c3ccccc3)cccc12.c1ccc2c(c1)[nH]c1ccccc12. The Balaban J connectivity index is 0.000000105. The molecule has 7 heterocycles. The molecule has 0 fully saturated rings. The van der Waals surface area contributed by atoms with Gasteiger partial charge in [-0.2, -0.15) is 15.8 Å². The highest BCUT2D eigenvalue weighted by Crippen LogP contribution is 2.48. The van der Waals surface area contributed by atoms with Crippen molar-refractivity contribution in [1.82, 2.24) is 14.1 Å². The summed E-state index contributed by atoms with van der Waals surface area (Å²) in [5, 5.41) is 41.7. The van der Waals surface area contributed by atoms with Gasteiger partial charge in [0.15, 0.2) is 57.9 Å². The number of aldehydes is 1. The van der Waals surface area contributed by atoms with Crippen LogP contribution in [0.15, 0.2) is 382 Å². The fourth-order valence-corrected chi connectivity index (χ4v) is 17.9. The third-order valence-corrected chi connectivity index (χ3v) is 23.7. The third-order valence-electron chi connectivity index (χ3n) is 23.7. The fraction of sp³-hybridized carbons (Fsp3) is 0. The number of carbonyl (C=O) groups excluding carboxylic acids is 1. The Morgan fingerprint density at radius 3 is 0.868 bits per heavy atom. The zero-order valence-corrected chi connectivity index (χ0v) is 67.8. The maximum Gasteiger partial charge on any atom is 0.180 e. The van der Waals surface area contributed by atoms with Crippen molar-refractivity contribution >= 4 is 159 Å². The number of nitrogens with zero attached hydrogens (tertiary/aromatic N) is 5. The number of para-hydroxylation sites is 10. The van der Waals surface area contributed by atoms with Crippen LogP contribution in [0.2, 0.25) is 0 Å². The van der Waals surface area contributed by atoms with Crippen LogP contribution in [0.25, 0.3) is 209 Å². The number of H-pyrrole nitrogens is 1. The summed E-state index contributed by atoms with van der Waals surface area (Å²) < 4.78 is 111. The molecule has 0 aliphatic heterocycles. The topological polar surface area (TPSA) is 167 Å². The van der Waals surface area contributed by atoms with Crippen LogP contribution in [0, 0.1) is 68.9 Å². The van der Waals surface area contributed by atoms with Crippen molar-refractivity contribution < 1.29 is 48.8 Å². The number of aromatic nitrogens is 3. The van der Waals surface area contributed by atoms with Gasteiger partial charge in [0.1, 0.15) is 62.8 Å². The molecule has 17 heteroatoms. The molecule has 1 N–H and O–H groups in total. The van der Waals surface area contributed by atoms with Crippen molar-refractivity contribution in [3.8, 4) is 74.1 Å². The standard InChI is InChI=1S/C43H25N3O.2C19H9F2NO.C19H10F2O2.C12H9N/c44-26-35-41(46-38-23-10-6-17-31(38)32-18-7-11-24-39(32)46)40(45-36-21-8-4-15-29(36)30-16-5-9-22-37(30)45)25-34-33-20-12-19-28(42(33)47-43(34)35)27-13-2-1-3-14-27;3*20-16-9-14-13-8-4-7-12(11-5-2-1-3-6-11)18(13)23-19(14)15(10-22)17(16)21;1-3-7-11-9(5-1)10-6-2-4-8-12(10)13-11/h1-25H;2*1-9H;1-10H;1-8,13H. The van der Waals surface area contributed by atoms with Crippen molar-refractivity contribution in [1.29, 1.82) is 15.8 Å². The minimum Gasteiger partial charge on any atom is -0.455 e. The molecule has 0 saturated carbocycles.